The number of imidazole rings is 1. The van der Waals surface area contributed by atoms with Crippen molar-refractivity contribution in [2.24, 2.45) is 0 Å². The van der Waals surface area contributed by atoms with Crippen molar-refractivity contribution in [1.82, 2.24) is 19.5 Å². The number of anilines is 1. The van der Waals surface area contributed by atoms with Gasteiger partial charge in [0.1, 0.15) is 37.8 Å². The summed E-state index contributed by atoms with van der Waals surface area (Å²) in [7, 11) is -16.6. The predicted molar refractivity (Wildman–Crippen MR) is 92.6 cm³/mol. The smallest absolute Gasteiger partial charge is 0.778 e. The first kappa shape index (κ1) is 27.9. The third kappa shape index (κ3) is 6.63. The molecule has 0 saturated carbocycles. The summed E-state index contributed by atoms with van der Waals surface area (Å²) in [5.74, 6) is -1.86. The van der Waals surface area contributed by atoms with Crippen molar-refractivity contribution in [3.8, 4) is 0 Å². The molecule has 0 spiro atoms. The van der Waals surface area contributed by atoms with Gasteiger partial charge in [-0.05, 0) is 0 Å². The van der Waals surface area contributed by atoms with Gasteiger partial charge in [-0.25, -0.2) is 15.0 Å². The SMILES string of the molecule is Nc1ncnc2c1ncn2[C@@H]1O[C@H](COP(=O)([O-])CP(=O)([O-])OP(=O)([O-])O)[C@@H](O)[C@H]1O.[Na+]. The van der Waals surface area contributed by atoms with Crippen molar-refractivity contribution in [2.45, 2.75) is 24.5 Å². The largest absolute Gasteiger partial charge is 1.00 e. The zero-order valence-electron chi connectivity index (χ0n) is 16.1. The van der Waals surface area contributed by atoms with Gasteiger partial charge in [-0.15, -0.1) is 0 Å². The van der Waals surface area contributed by atoms with Gasteiger partial charge >= 0.3 is 29.6 Å². The van der Waals surface area contributed by atoms with Gasteiger partial charge in [-0.3, -0.25) is 13.4 Å². The van der Waals surface area contributed by atoms with E-state index in [0.717, 1.165) is 6.33 Å². The Labute approximate surface area is 201 Å². The van der Waals surface area contributed by atoms with Gasteiger partial charge in [0.25, 0.3) is 7.82 Å². The summed E-state index contributed by atoms with van der Waals surface area (Å²) in [5.41, 5.74) is 6.00. The molecule has 7 atom stereocenters. The maximum atomic E-state index is 11.8. The Morgan fingerprint density at radius 1 is 1.12 bits per heavy atom. The summed E-state index contributed by atoms with van der Waals surface area (Å²) in [6, 6.07) is 0. The normalized spacial score (nSPS) is 29.1. The van der Waals surface area contributed by atoms with Gasteiger partial charge in [-0.2, -0.15) is 0 Å². The summed E-state index contributed by atoms with van der Waals surface area (Å²) in [6.45, 7) is -0.937. The molecule has 0 amide bonds. The van der Waals surface area contributed by atoms with Crippen LogP contribution in [0.2, 0.25) is 0 Å². The van der Waals surface area contributed by atoms with Crippen molar-refractivity contribution in [3.63, 3.8) is 0 Å². The van der Waals surface area contributed by atoms with E-state index >= 15 is 0 Å². The summed E-state index contributed by atoms with van der Waals surface area (Å²) in [4.78, 5) is 53.8. The number of hydrogen-bond donors (Lipinski definition) is 4. The second kappa shape index (κ2) is 10.1. The van der Waals surface area contributed by atoms with E-state index in [1.807, 2.05) is 0 Å². The van der Waals surface area contributed by atoms with Gasteiger partial charge in [0.2, 0.25) is 0 Å². The minimum Gasteiger partial charge on any atom is -0.778 e. The van der Waals surface area contributed by atoms with Gasteiger partial charge in [0.15, 0.2) is 25.3 Å². The van der Waals surface area contributed by atoms with E-state index in [9.17, 15) is 38.6 Å². The summed E-state index contributed by atoms with van der Waals surface area (Å²) in [5, 5.41) is 20.4. The Morgan fingerprint density at radius 2 is 1.78 bits per heavy atom. The number of hydrogen-bond acceptors (Lipinski definition) is 15. The minimum atomic E-state index is -5.76. The molecule has 3 unspecified atom stereocenters. The van der Waals surface area contributed by atoms with E-state index in [1.165, 1.54) is 10.9 Å². The van der Waals surface area contributed by atoms with Crippen LogP contribution < -0.4 is 50.0 Å². The van der Waals surface area contributed by atoms with E-state index < -0.39 is 60.1 Å². The zero-order chi connectivity index (χ0) is 23.2. The number of nitrogen functional groups attached to an aromatic ring is 1. The molecule has 174 valence electrons. The Hall–Kier alpha value is -0.320. The first-order valence-electron chi connectivity index (χ1n) is 8.13. The standard InChI is InChI=1S/C11H18N5O12P3.Na/c12-9-6-10(14-2-13-9)16(3-15-6)11-8(18)7(17)5(27-11)1-26-29(19,20)4-30(21,22)28-31(23,24)25;/h2-3,5,7-8,11,17-18H,1,4H2,(H,19,20)(H,21,22)(H2,12,13,14)(H2,23,24,25);/q;+1/p-3/t5-,7-,8-,11-;/m1./s1. The van der Waals surface area contributed by atoms with Crippen molar-refractivity contribution < 1.29 is 86.6 Å². The Kier molecular flexibility index (Phi) is 8.83. The zero-order valence-corrected chi connectivity index (χ0v) is 20.8. The topological polar surface area (TPSA) is 278 Å². The fraction of sp³-hybridized carbons (Fsp3) is 0.545. The molecule has 3 heterocycles. The van der Waals surface area contributed by atoms with Crippen LogP contribution in [0.5, 0.6) is 0 Å². The molecular weight excluding hydrogens is 510 g/mol. The molecule has 21 heteroatoms. The Morgan fingerprint density at radius 3 is 2.41 bits per heavy atom. The Balaban J connectivity index is 0.00000363. The molecule has 0 bridgehead atoms. The van der Waals surface area contributed by atoms with E-state index in [0.29, 0.717) is 0 Å². The first-order chi connectivity index (χ1) is 14.2. The van der Waals surface area contributed by atoms with Crippen LogP contribution in [-0.4, -0.2) is 65.4 Å². The number of ether oxygens (including phenoxy) is 1. The minimum absolute atomic E-state index is 0. The van der Waals surface area contributed by atoms with Crippen LogP contribution in [0.4, 0.5) is 5.82 Å². The van der Waals surface area contributed by atoms with E-state index in [-0.39, 0.29) is 46.5 Å². The molecule has 0 radical (unpaired) electrons. The summed E-state index contributed by atoms with van der Waals surface area (Å²) >= 11 is 0. The average molecular weight is 525 g/mol. The van der Waals surface area contributed by atoms with Gasteiger partial charge in [0, 0.05) is 0 Å². The van der Waals surface area contributed by atoms with Crippen LogP contribution in [-0.2, 0) is 27.3 Å². The van der Waals surface area contributed by atoms with Crippen molar-refractivity contribution >= 4 is 40.0 Å². The van der Waals surface area contributed by atoms with Gasteiger partial charge < -0.3 is 53.9 Å². The maximum Gasteiger partial charge on any atom is 1.00 e. The number of aromatic nitrogens is 4. The molecule has 0 aromatic carbocycles. The van der Waals surface area contributed by atoms with E-state index in [1.54, 1.807) is 0 Å². The number of aliphatic hydroxyl groups is 2. The van der Waals surface area contributed by atoms with Crippen LogP contribution in [0, 0.1) is 0 Å². The summed E-state index contributed by atoms with van der Waals surface area (Å²) < 4.78 is 48.1. The fourth-order valence-corrected chi connectivity index (χ4v) is 7.10. The molecular formula is C11H15N5NaO12P3-2. The number of rotatable bonds is 8. The van der Waals surface area contributed by atoms with Gasteiger partial charge in [-0.1, -0.05) is 0 Å². The predicted octanol–water partition coefficient (Wildman–Crippen LogP) is -6.41. The van der Waals surface area contributed by atoms with Crippen molar-refractivity contribution in [3.05, 3.63) is 12.7 Å². The van der Waals surface area contributed by atoms with Crippen molar-refractivity contribution in [1.29, 1.82) is 0 Å². The molecule has 17 nitrogen and oxygen atoms in total. The fourth-order valence-electron chi connectivity index (χ4n) is 2.78. The second-order valence-corrected chi connectivity index (χ2v) is 11.8. The monoisotopic (exact) mass is 525 g/mol. The Bertz CT molecular complexity index is 1110. The quantitative estimate of drug-likeness (QED) is 0.184. The number of nitrogens with two attached hydrogens (primary N) is 1. The summed E-state index contributed by atoms with van der Waals surface area (Å²) in [6.07, 6.45) is -3.69. The third-order valence-corrected chi connectivity index (χ3v) is 9.14. The maximum absolute atomic E-state index is 11.8. The average Bonchev–Trinajstić information content (AvgIpc) is 3.13. The molecule has 1 saturated heterocycles. The van der Waals surface area contributed by atoms with Crippen LogP contribution in [0.25, 0.3) is 11.2 Å². The molecule has 1 fully saturated rings. The van der Waals surface area contributed by atoms with Gasteiger partial charge in [0.05, 0.1) is 18.8 Å². The van der Waals surface area contributed by atoms with Crippen LogP contribution in [0.1, 0.15) is 6.23 Å². The molecule has 1 aliphatic heterocycles. The molecule has 2 aromatic heterocycles. The molecule has 1 aliphatic rings. The van der Waals surface area contributed by atoms with Crippen molar-refractivity contribution in [2.75, 3.05) is 18.2 Å². The molecule has 3 rings (SSSR count). The molecule has 0 aliphatic carbocycles. The molecule has 2 aromatic rings. The third-order valence-electron chi connectivity index (χ3n) is 4.01. The van der Waals surface area contributed by atoms with E-state index in [4.69, 9.17) is 15.4 Å². The number of aliphatic hydroxyl groups excluding tert-OH is 2. The molecule has 5 N–H and O–H groups in total. The number of fused-ring (bicyclic) bond motifs is 1. The molecule has 32 heavy (non-hydrogen) atoms. The van der Waals surface area contributed by atoms with Crippen LogP contribution in [0.15, 0.2) is 12.7 Å². The van der Waals surface area contributed by atoms with Crippen LogP contribution >= 0.6 is 23.0 Å². The van der Waals surface area contributed by atoms with E-state index in [2.05, 4.69) is 23.8 Å². The first-order valence-corrected chi connectivity index (χ1v) is 13.1. The number of phosphoric acid groups is 1. The number of nitrogens with zero attached hydrogens (tertiary/aromatic N) is 4. The van der Waals surface area contributed by atoms with Crippen LogP contribution in [0.3, 0.4) is 0 Å². The second-order valence-electron chi connectivity index (χ2n) is 6.34.